The van der Waals surface area contributed by atoms with Gasteiger partial charge in [-0.1, -0.05) is 12.1 Å². The Morgan fingerprint density at radius 1 is 1.35 bits per heavy atom. The third kappa shape index (κ3) is 7.20. The molecule has 1 N–H and O–H groups in total. The lowest BCUT2D eigenvalue weighted by Crippen LogP contribution is -2.24. The van der Waals surface area contributed by atoms with Crippen LogP contribution >= 0.6 is 11.8 Å². The van der Waals surface area contributed by atoms with Gasteiger partial charge in [-0.25, -0.2) is 0 Å². The molecular weight excluding hydrogens is 291 g/mol. The molecule has 0 fully saturated rings. The number of amides is 1. The normalized spacial score (nSPS) is 11.8. The molecule has 7 heteroatoms. The Labute approximate surface area is 119 Å². The molecule has 0 aliphatic rings. The number of ether oxygens (including phenoxy) is 1. The topological polar surface area (TPSA) is 38.3 Å². The van der Waals surface area contributed by atoms with Crippen LogP contribution in [0.4, 0.5) is 13.2 Å². The van der Waals surface area contributed by atoms with Crippen molar-refractivity contribution < 1.29 is 22.7 Å². The van der Waals surface area contributed by atoms with Crippen LogP contribution in [0.25, 0.3) is 6.08 Å². The number of alkyl halides is 3. The number of hydrogen-bond donors (Lipinski definition) is 1. The van der Waals surface area contributed by atoms with E-state index in [-0.39, 0.29) is 22.6 Å². The van der Waals surface area contributed by atoms with E-state index in [0.29, 0.717) is 18.7 Å². The van der Waals surface area contributed by atoms with E-state index in [0.717, 1.165) is 0 Å². The van der Waals surface area contributed by atoms with Crippen molar-refractivity contribution in [1.29, 1.82) is 0 Å². The molecule has 3 nitrogen and oxygen atoms in total. The standard InChI is InChI=1S/C13H14F3NO2S/c1-19-9-8-17-12(18)7-4-10-2-5-11(6-3-10)20-13(14,15)16/h2-7H,8-9H2,1H3,(H,17,18)/b7-4+. The second-order valence-corrected chi connectivity index (χ2v) is 4.87. The summed E-state index contributed by atoms with van der Waals surface area (Å²) in [5.74, 6) is -0.282. The van der Waals surface area contributed by atoms with Crippen LogP contribution in [0.3, 0.4) is 0 Å². The zero-order chi connectivity index (χ0) is 15.0. The van der Waals surface area contributed by atoms with Crippen molar-refractivity contribution in [2.75, 3.05) is 20.3 Å². The van der Waals surface area contributed by atoms with Gasteiger partial charge in [0, 0.05) is 24.6 Å². The van der Waals surface area contributed by atoms with Crippen molar-refractivity contribution in [3.8, 4) is 0 Å². The molecule has 1 aromatic rings. The van der Waals surface area contributed by atoms with Crippen LogP contribution in [0.15, 0.2) is 35.2 Å². The Kier molecular flexibility index (Phi) is 6.60. The highest BCUT2D eigenvalue weighted by atomic mass is 32.2. The van der Waals surface area contributed by atoms with Crippen LogP contribution < -0.4 is 5.32 Å². The molecule has 0 saturated carbocycles. The predicted molar refractivity (Wildman–Crippen MR) is 72.3 cm³/mol. The van der Waals surface area contributed by atoms with E-state index >= 15 is 0 Å². The molecule has 0 saturated heterocycles. The summed E-state index contributed by atoms with van der Waals surface area (Å²) in [4.78, 5) is 11.4. The first-order chi connectivity index (χ1) is 9.40. The van der Waals surface area contributed by atoms with Gasteiger partial charge in [-0.05, 0) is 35.5 Å². The van der Waals surface area contributed by atoms with E-state index in [1.165, 1.54) is 43.5 Å². The lowest BCUT2D eigenvalue weighted by molar-refractivity contribution is -0.116. The SMILES string of the molecule is COCCNC(=O)/C=C/c1ccc(SC(F)(F)F)cc1. The summed E-state index contributed by atoms with van der Waals surface area (Å²) in [6.45, 7) is 0.823. The van der Waals surface area contributed by atoms with E-state index in [1.54, 1.807) is 0 Å². The highest BCUT2D eigenvalue weighted by Gasteiger charge is 2.28. The summed E-state index contributed by atoms with van der Waals surface area (Å²) in [7, 11) is 1.53. The largest absolute Gasteiger partial charge is 0.446 e. The molecule has 1 amide bonds. The molecule has 1 aromatic carbocycles. The average Bonchev–Trinajstić information content (AvgIpc) is 2.36. The van der Waals surface area contributed by atoms with Gasteiger partial charge < -0.3 is 10.1 Å². The maximum atomic E-state index is 12.1. The average molecular weight is 305 g/mol. The molecule has 0 atom stereocenters. The Hall–Kier alpha value is -1.47. The van der Waals surface area contributed by atoms with Crippen LogP contribution in [0.1, 0.15) is 5.56 Å². The predicted octanol–water partition coefficient (Wildman–Crippen LogP) is 3.07. The van der Waals surface area contributed by atoms with Gasteiger partial charge in [0.2, 0.25) is 5.91 Å². The molecule has 0 bridgehead atoms. The Balaban J connectivity index is 2.50. The first-order valence-electron chi connectivity index (χ1n) is 5.71. The minimum atomic E-state index is -4.29. The summed E-state index contributed by atoms with van der Waals surface area (Å²) in [6, 6.07) is 5.77. The van der Waals surface area contributed by atoms with Crippen molar-refractivity contribution in [2.45, 2.75) is 10.4 Å². The van der Waals surface area contributed by atoms with E-state index in [2.05, 4.69) is 5.32 Å². The highest BCUT2D eigenvalue weighted by Crippen LogP contribution is 2.36. The molecule has 0 spiro atoms. The number of rotatable bonds is 6. The van der Waals surface area contributed by atoms with Gasteiger partial charge in [-0.2, -0.15) is 13.2 Å². The van der Waals surface area contributed by atoms with Gasteiger partial charge in [-0.15, -0.1) is 0 Å². The fraction of sp³-hybridized carbons (Fsp3) is 0.308. The molecule has 0 aliphatic carbocycles. The monoisotopic (exact) mass is 305 g/mol. The second-order valence-electron chi connectivity index (χ2n) is 3.73. The smallest absolute Gasteiger partial charge is 0.383 e. The van der Waals surface area contributed by atoms with Gasteiger partial charge in [0.1, 0.15) is 0 Å². The number of halogens is 3. The van der Waals surface area contributed by atoms with E-state index in [1.807, 2.05) is 0 Å². The molecular formula is C13H14F3NO2S. The molecule has 1 rings (SSSR count). The van der Waals surface area contributed by atoms with Gasteiger partial charge >= 0.3 is 5.51 Å². The van der Waals surface area contributed by atoms with Gasteiger partial charge in [-0.3, -0.25) is 4.79 Å². The molecule has 20 heavy (non-hydrogen) atoms. The molecule has 0 heterocycles. The molecule has 0 unspecified atom stereocenters. The molecule has 110 valence electrons. The Morgan fingerprint density at radius 3 is 2.55 bits per heavy atom. The number of benzene rings is 1. The van der Waals surface area contributed by atoms with E-state index in [9.17, 15) is 18.0 Å². The number of carbonyl (C=O) groups excluding carboxylic acids is 1. The van der Waals surface area contributed by atoms with Crippen LogP contribution in [0.2, 0.25) is 0 Å². The number of methoxy groups -OCH3 is 1. The van der Waals surface area contributed by atoms with Gasteiger partial charge in [0.05, 0.1) is 6.61 Å². The number of hydrogen-bond acceptors (Lipinski definition) is 3. The van der Waals surface area contributed by atoms with Gasteiger partial charge in [0.15, 0.2) is 0 Å². The molecule has 0 aliphatic heterocycles. The van der Waals surface area contributed by atoms with Crippen LogP contribution in [0, 0.1) is 0 Å². The fourth-order valence-electron chi connectivity index (χ4n) is 1.29. The zero-order valence-electron chi connectivity index (χ0n) is 10.7. The summed E-state index contributed by atoms with van der Waals surface area (Å²) in [6.07, 6.45) is 2.85. The lowest BCUT2D eigenvalue weighted by Gasteiger charge is -2.05. The van der Waals surface area contributed by atoms with Crippen LogP contribution in [0.5, 0.6) is 0 Å². The van der Waals surface area contributed by atoms with Crippen LogP contribution in [-0.4, -0.2) is 31.7 Å². The number of carbonyl (C=O) groups is 1. The Bertz CT molecular complexity index is 458. The molecule has 0 aromatic heterocycles. The lowest BCUT2D eigenvalue weighted by atomic mass is 10.2. The van der Waals surface area contributed by atoms with Crippen molar-refractivity contribution in [3.05, 3.63) is 35.9 Å². The second kappa shape index (κ2) is 7.96. The third-order valence-electron chi connectivity index (χ3n) is 2.15. The quantitative estimate of drug-likeness (QED) is 0.499. The minimum Gasteiger partial charge on any atom is -0.383 e. The summed E-state index contributed by atoms with van der Waals surface area (Å²) in [5, 5.41) is 2.59. The van der Waals surface area contributed by atoms with Crippen molar-refractivity contribution in [3.63, 3.8) is 0 Å². The highest BCUT2D eigenvalue weighted by molar-refractivity contribution is 8.00. The van der Waals surface area contributed by atoms with Gasteiger partial charge in [0.25, 0.3) is 0 Å². The summed E-state index contributed by atoms with van der Waals surface area (Å²) >= 11 is -0.170. The fourth-order valence-corrected chi connectivity index (χ4v) is 1.83. The van der Waals surface area contributed by atoms with E-state index < -0.39 is 5.51 Å². The minimum absolute atomic E-state index is 0.110. The summed E-state index contributed by atoms with van der Waals surface area (Å²) < 4.78 is 41.2. The third-order valence-corrected chi connectivity index (χ3v) is 2.89. The Morgan fingerprint density at radius 2 is 2.00 bits per heavy atom. The number of nitrogens with one attached hydrogen (secondary N) is 1. The zero-order valence-corrected chi connectivity index (χ0v) is 11.6. The van der Waals surface area contributed by atoms with Crippen molar-refractivity contribution in [1.82, 2.24) is 5.32 Å². The van der Waals surface area contributed by atoms with Crippen molar-refractivity contribution >= 4 is 23.7 Å². The number of thioether (sulfide) groups is 1. The summed E-state index contributed by atoms with van der Waals surface area (Å²) in [5.41, 5.74) is -3.64. The van der Waals surface area contributed by atoms with E-state index in [4.69, 9.17) is 4.74 Å². The maximum absolute atomic E-state index is 12.1. The first-order valence-corrected chi connectivity index (χ1v) is 6.53. The maximum Gasteiger partial charge on any atom is 0.446 e. The van der Waals surface area contributed by atoms with Crippen LogP contribution in [-0.2, 0) is 9.53 Å². The molecule has 0 radical (unpaired) electrons. The van der Waals surface area contributed by atoms with Crippen molar-refractivity contribution in [2.24, 2.45) is 0 Å². The first kappa shape index (κ1) is 16.6.